The van der Waals surface area contributed by atoms with Crippen LogP contribution in [0, 0.1) is 11.3 Å². The molecule has 0 unspecified atom stereocenters. The Kier molecular flexibility index (Phi) is 4.06. The second kappa shape index (κ2) is 4.98. The van der Waals surface area contributed by atoms with Crippen molar-refractivity contribution in [1.82, 2.24) is 0 Å². The molecule has 0 radical (unpaired) electrons. The normalized spacial score (nSPS) is 12.8. The van der Waals surface area contributed by atoms with E-state index in [1.165, 1.54) is 20.8 Å². The van der Waals surface area contributed by atoms with Gasteiger partial charge in [-0.3, -0.25) is 4.72 Å². The SMILES string of the molecule is CC(C)(C)S(=O)(=O)Nc1ccc(C(F)(F)F)cc1C#N. The van der Waals surface area contributed by atoms with Crippen molar-refractivity contribution in [3.05, 3.63) is 29.3 Å². The number of rotatable bonds is 2. The summed E-state index contributed by atoms with van der Waals surface area (Å²) in [4.78, 5) is 0. The number of halogens is 3. The number of sulfonamides is 1. The summed E-state index contributed by atoms with van der Waals surface area (Å²) in [6.45, 7) is 4.31. The molecule has 0 fully saturated rings. The van der Waals surface area contributed by atoms with Crippen molar-refractivity contribution >= 4 is 15.7 Å². The second-order valence-electron chi connectivity index (χ2n) is 5.09. The van der Waals surface area contributed by atoms with Crippen molar-refractivity contribution in [3.8, 4) is 6.07 Å². The number of nitrogens with zero attached hydrogens (tertiary/aromatic N) is 1. The minimum atomic E-state index is -4.59. The predicted octanol–water partition coefficient (Wildman–Crippen LogP) is 3.12. The molecule has 0 bridgehead atoms. The van der Waals surface area contributed by atoms with E-state index in [4.69, 9.17) is 5.26 Å². The highest BCUT2D eigenvalue weighted by Gasteiger charge is 2.33. The first-order valence-electron chi connectivity index (χ1n) is 5.52. The van der Waals surface area contributed by atoms with E-state index in [0.29, 0.717) is 6.07 Å². The molecule has 1 aromatic rings. The molecule has 20 heavy (non-hydrogen) atoms. The number of alkyl halides is 3. The van der Waals surface area contributed by atoms with Crippen LogP contribution in [0.15, 0.2) is 18.2 Å². The highest BCUT2D eigenvalue weighted by atomic mass is 32.2. The van der Waals surface area contributed by atoms with Gasteiger partial charge in [0.2, 0.25) is 10.0 Å². The van der Waals surface area contributed by atoms with Gasteiger partial charge in [-0.05, 0) is 39.0 Å². The molecule has 1 aromatic carbocycles. The summed E-state index contributed by atoms with van der Waals surface area (Å²) < 4.78 is 62.4. The molecule has 0 aliphatic rings. The molecular formula is C12H13F3N2O2S. The highest BCUT2D eigenvalue weighted by Crippen LogP contribution is 2.32. The van der Waals surface area contributed by atoms with Crippen molar-refractivity contribution in [2.24, 2.45) is 0 Å². The summed E-state index contributed by atoms with van der Waals surface area (Å²) >= 11 is 0. The number of hydrogen-bond acceptors (Lipinski definition) is 3. The van der Waals surface area contributed by atoms with E-state index in [0.717, 1.165) is 12.1 Å². The van der Waals surface area contributed by atoms with Crippen LogP contribution in [0.25, 0.3) is 0 Å². The number of benzene rings is 1. The van der Waals surface area contributed by atoms with Gasteiger partial charge in [-0.25, -0.2) is 8.42 Å². The molecule has 110 valence electrons. The molecule has 1 N–H and O–H groups in total. The van der Waals surface area contributed by atoms with Crippen LogP contribution in [0.2, 0.25) is 0 Å². The maximum absolute atomic E-state index is 12.5. The molecule has 0 aliphatic carbocycles. The van der Waals surface area contributed by atoms with Crippen molar-refractivity contribution in [3.63, 3.8) is 0 Å². The van der Waals surface area contributed by atoms with Gasteiger partial charge >= 0.3 is 6.18 Å². The van der Waals surface area contributed by atoms with E-state index < -0.39 is 26.5 Å². The molecule has 0 saturated carbocycles. The fourth-order valence-electron chi connectivity index (χ4n) is 1.20. The third kappa shape index (κ3) is 3.42. The molecule has 1 rings (SSSR count). The van der Waals surface area contributed by atoms with Crippen LogP contribution in [0.3, 0.4) is 0 Å². The Hall–Kier alpha value is -1.75. The Morgan fingerprint density at radius 1 is 1.20 bits per heavy atom. The summed E-state index contributed by atoms with van der Waals surface area (Å²) in [5.74, 6) is 0. The van der Waals surface area contributed by atoms with Crippen LogP contribution in [0.5, 0.6) is 0 Å². The molecule has 0 aliphatic heterocycles. The molecular weight excluding hydrogens is 293 g/mol. The minimum absolute atomic E-state index is 0.171. The molecule has 8 heteroatoms. The van der Waals surface area contributed by atoms with Gasteiger partial charge in [0.05, 0.1) is 21.6 Å². The molecule has 0 spiro atoms. The average molecular weight is 306 g/mol. The van der Waals surface area contributed by atoms with E-state index in [1.807, 2.05) is 0 Å². The van der Waals surface area contributed by atoms with Crippen LogP contribution in [0.4, 0.5) is 18.9 Å². The zero-order chi connectivity index (χ0) is 15.8. The first-order valence-corrected chi connectivity index (χ1v) is 7.00. The summed E-state index contributed by atoms with van der Waals surface area (Å²) in [6, 6.07) is 3.83. The highest BCUT2D eigenvalue weighted by molar-refractivity contribution is 7.94. The maximum atomic E-state index is 12.5. The first kappa shape index (κ1) is 16.3. The maximum Gasteiger partial charge on any atom is 0.416 e. The Labute approximate surface area is 115 Å². The Morgan fingerprint density at radius 3 is 2.15 bits per heavy atom. The van der Waals surface area contributed by atoms with Crippen molar-refractivity contribution < 1.29 is 21.6 Å². The second-order valence-corrected chi connectivity index (χ2v) is 7.52. The van der Waals surface area contributed by atoms with E-state index in [1.54, 1.807) is 6.07 Å². The molecule has 0 heterocycles. The summed E-state index contributed by atoms with van der Waals surface area (Å²) in [5, 5.41) is 8.86. The third-order valence-corrected chi connectivity index (χ3v) is 4.62. The Morgan fingerprint density at radius 2 is 1.75 bits per heavy atom. The fourth-order valence-corrected chi connectivity index (χ4v) is 1.97. The summed E-state index contributed by atoms with van der Waals surface area (Å²) in [5.41, 5.74) is -1.56. The molecule has 4 nitrogen and oxygen atoms in total. The number of anilines is 1. The zero-order valence-corrected chi connectivity index (χ0v) is 11.9. The smallest absolute Gasteiger partial charge is 0.282 e. The van der Waals surface area contributed by atoms with Gasteiger partial charge in [0.1, 0.15) is 6.07 Å². The molecule has 0 amide bonds. The molecule has 0 atom stereocenters. The van der Waals surface area contributed by atoms with E-state index in [2.05, 4.69) is 4.72 Å². The van der Waals surface area contributed by atoms with Crippen LogP contribution in [0.1, 0.15) is 31.9 Å². The largest absolute Gasteiger partial charge is 0.416 e. The third-order valence-electron chi connectivity index (χ3n) is 2.52. The van der Waals surface area contributed by atoms with Crippen LogP contribution < -0.4 is 4.72 Å². The van der Waals surface area contributed by atoms with Crippen molar-refractivity contribution in [2.75, 3.05) is 4.72 Å². The van der Waals surface area contributed by atoms with Crippen LogP contribution >= 0.6 is 0 Å². The van der Waals surface area contributed by atoms with Gasteiger partial charge in [-0.15, -0.1) is 0 Å². The van der Waals surface area contributed by atoms with Crippen molar-refractivity contribution in [1.29, 1.82) is 5.26 Å². The Balaban J connectivity index is 3.27. The van der Waals surface area contributed by atoms with E-state index in [-0.39, 0.29) is 11.3 Å². The van der Waals surface area contributed by atoms with Gasteiger partial charge in [0, 0.05) is 0 Å². The van der Waals surface area contributed by atoms with Gasteiger partial charge in [0.25, 0.3) is 0 Å². The lowest BCUT2D eigenvalue weighted by Crippen LogP contribution is -2.33. The van der Waals surface area contributed by atoms with Crippen LogP contribution in [-0.2, 0) is 16.2 Å². The van der Waals surface area contributed by atoms with Crippen LogP contribution in [-0.4, -0.2) is 13.2 Å². The lowest BCUT2D eigenvalue weighted by atomic mass is 10.1. The average Bonchev–Trinajstić information content (AvgIpc) is 2.26. The first-order chi connectivity index (χ1) is 8.88. The molecule has 0 aromatic heterocycles. The van der Waals surface area contributed by atoms with Crippen molar-refractivity contribution in [2.45, 2.75) is 31.7 Å². The van der Waals surface area contributed by atoms with Gasteiger partial charge < -0.3 is 0 Å². The van der Waals surface area contributed by atoms with Gasteiger partial charge in [-0.1, -0.05) is 0 Å². The predicted molar refractivity (Wildman–Crippen MR) is 68.5 cm³/mol. The lowest BCUT2D eigenvalue weighted by molar-refractivity contribution is -0.137. The standard InChI is InChI=1S/C12H13F3N2O2S/c1-11(2,3)20(18,19)17-10-5-4-9(12(13,14)15)6-8(10)7-16/h4-6,17H,1-3H3. The quantitative estimate of drug-likeness (QED) is 0.912. The summed E-state index contributed by atoms with van der Waals surface area (Å²) in [6.07, 6.45) is -4.59. The van der Waals surface area contributed by atoms with E-state index >= 15 is 0 Å². The fraction of sp³-hybridized carbons (Fsp3) is 0.417. The zero-order valence-electron chi connectivity index (χ0n) is 11.0. The number of hydrogen-bond donors (Lipinski definition) is 1. The topological polar surface area (TPSA) is 70.0 Å². The summed E-state index contributed by atoms with van der Waals surface area (Å²) in [7, 11) is -3.81. The monoisotopic (exact) mass is 306 g/mol. The van der Waals surface area contributed by atoms with Gasteiger partial charge in [-0.2, -0.15) is 18.4 Å². The number of nitrogens with one attached hydrogen (secondary N) is 1. The molecule has 0 saturated heterocycles. The number of nitriles is 1. The van der Waals surface area contributed by atoms with E-state index in [9.17, 15) is 21.6 Å². The van der Waals surface area contributed by atoms with Gasteiger partial charge in [0.15, 0.2) is 0 Å². The Bertz CT molecular complexity index is 653. The lowest BCUT2D eigenvalue weighted by Gasteiger charge is -2.21. The minimum Gasteiger partial charge on any atom is -0.282 e.